The lowest BCUT2D eigenvalue weighted by atomic mass is 9.96. The van der Waals surface area contributed by atoms with Gasteiger partial charge in [0.1, 0.15) is 5.75 Å². The minimum absolute atomic E-state index is 0.459. The van der Waals surface area contributed by atoms with Crippen LogP contribution in [0.2, 0.25) is 0 Å². The molecule has 1 atom stereocenters. The van der Waals surface area contributed by atoms with E-state index in [2.05, 4.69) is 48.5 Å². The molecule has 0 saturated carbocycles. The third-order valence-electron chi connectivity index (χ3n) is 4.42. The third kappa shape index (κ3) is 4.22. The van der Waals surface area contributed by atoms with Crippen LogP contribution in [0.5, 0.6) is 5.75 Å². The second-order valence-electron chi connectivity index (χ2n) is 5.89. The summed E-state index contributed by atoms with van der Waals surface area (Å²) in [6, 6.07) is 8.91. The largest absolute Gasteiger partial charge is 0.497 e. The average molecular weight is 276 g/mol. The summed E-state index contributed by atoms with van der Waals surface area (Å²) in [5.74, 6) is 1.76. The van der Waals surface area contributed by atoms with E-state index in [1.807, 2.05) is 0 Å². The number of ether oxygens (including phenoxy) is 1. The summed E-state index contributed by atoms with van der Waals surface area (Å²) in [5.41, 5.74) is 1.36. The second kappa shape index (κ2) is 7.65. The van der Waals surface area contributed by atoms with Crippen molar-refractivity contribution in [3.05, 3.63) is 29.8 Å². The standard InChI is InChI=1S/C17H28N2O/c1-4-17(15-5-7-16(20-3)8-6-15)18-13-14-9-11-19(2)12-10-14/h5-8,14,17-18H,4,9-13H2,1-3H3. The Kier molecular flexibility index (Phi) is 5.86. The van der Waals surface area contributed by atoms with Gasteiger partial charge in [-0.1, -0.05) is 19.1 Å². The lowest BCUT2D eigenvalue weighted by Gasteiger charge is -2.30. The van der Waals surface area contributed by atoms with Gasteiger partial charge in [-0.2, -0.15) is 0 Å². The topological polar surface area (TPSA) is 24.5 Å². The van der Waals surface area contributed by atoms with Crippen molar-refractivity contribution in [3.8, 4) is 5.75 Å². The van der Waals surface area contributed by atoms with E-state index >= 15 is 0 Å². The maximum Gasteiger partial charge on any atom is 0.118 e. The van der Waals surface area contributed by atoms with Crippen molar-refractivity contribution in [1.29, 1.82) is 0 Å². The number of piperidine rings is 1. The lowest BCUT2D eigenvalue weighted by Crippen LogP contribution is -2.36. The van der Waals surface area contributed by atoms with Crippen LogP contribution in [0.1, 0.15) is 37.8 Å². The van der Waals surface area contributed by atoms with Crippen LogP contribution >= 0.6 is 0 Å². The van der Waals surface area contributed by atoms with E-state index in [9.17, 15) is 0 Å². The fourth-order valence-corrected chi connectivity index (χ4v) is 2.91. The Morgan fingerprint density at radius 1 is 1.25 bits per heavy atom. The van der Waals surface area contributed by atoms with Gasteiger partial charge in [0.15, 0.2) is 0 Å². The highest BCUT2D eigenvalue weighted by atomic mass is 16.5. The van der Waals surface area contributed by atoms with Gasteiger partial charge in [-0.25, -0.2) is 0 Å². The summed E-state index contributed by atoms with van der Waals surface area (Å²) in [7, 11) is 3.93. The van der Waals surface area contributed by atoms with Crippen molar-refractivity contribution < 1.29 is 4.74 Å². The first-order valence-electron chi connectivity index (χ1n) is 7.78. The monoisotopic (exact) mass is 276 g/mol. The zero-order chi connectivity index (χ0) is 14.4. The zero-order valence-electron chi connectivity index (χ0n) is 13.1. The highest BCUT2D eigenvalue weighted by Gasteiger charge is 2.18. The number of benzene rings is 1. The molecule has 20 heavy (non-hydrogen) atoms. The number of methoxy groups -OCH3 is 1. The summed E-state index contributed by atoms with van der Waals surface area (Å²) in [5, 5.41) is 3.75. The first kappa shape index (κ1) is 15.3. The summed E-state index contributed by atoms with van der Waals surface area (Å²) >= 11 is 0. The molecule has 1 aromatic carbocycles. The number of nitrogens with one attached hydrogen (secondary N) is 1. The molecule has 3 heteroatoms. The fourth-order valence-electron chi connectivity index (χ4n) is 2.91. The first-order valence-corrected chi connectivity index (χ1v) is 7.78. The summed E-state index contributed by atoms with van der Waals surface area (Å²) in [6.07, 6.45) is 3.77. The smallest absolute Gasteiger partial charge is 0.118 e. The van der Waals surface area contributed by atoms with Gasteiger partial charge in [0.25, 0.3) is 0 Å². The maximum atomic E-state index is 5.22. The minimum atomic E-state index is 0.459. The van der Waals surface area contributed by atoms with E-state index in [-0.39, 0.29) is 0 Å². The molecule has 0 spiro atoms. The molecule has 1 unspecified atom stereocenters. The summed E-state index contributed by atoms with van der Waals surface area (Å²) in [6.45, 7) is 5.87. The SMILES string of the molecule is CCC(NCC1CCN(C)CC1)c1ccc(OC)cc1. The van der Waals surface area contributed by atoms with Crippen LogP contribution in [-0.2, 0) is 0 Å². The predicted octanol–water partition coefficient (Wildman–Crippen LogP) is 3.08. The van der Waals surface area contributed by atoms with Crippen LogP contribution in [-0.4, -0.2) is 38.7 Å². The van der Waals surface area contributed by atoms with Crippen LogP contribution in [0.25, 0.3) is 0 Å². The molecule has 3 nitrogen and oxygen atoms in total. The number of hydrogen-bond acceptors (Lipinski definition) is 3. The number of nitrogens with zero attached hydrogens (tertiary/aromatic N) is 1. The summed E-state index contributed by atoms with van der Waals surface area (Å²) in [4.78, 5) is 2.43. The molecule has 1 aromatic rings. The van der Waals surface area contributed by atoms with E-state index in [1.54, 1.807) is 7.11 Å². The normalized spacial score (nSPS) is 18.9. The Bertz CT molecular complexity index is 382. The molecule has 1 N–H and O–H groups in total. The van der Waals surface area contributed by atoms with Crippen molar-refractivity contribution in [2.45, 2.75) is 32.2 Å². The highest BCUT2D eigenvalue weighted by molar-refractivity contribution is 5.29. The number of hydrogen-bond donors (Lipinski definition) is 1. The Morgan fingerprint density at radius 3 is 2.45 bits per heavy atom. The lowest BCUT2D eigenvalue weighted by molar-refractivity contribution is 0.212. The van der Waals surface area contributed by atoms with E-state index < -0.39 is 0 Å². The molecule has 1 aliphatic rings. The van der Waals surface area contributed by atoms with Crippen molar-refractivity contribution in [3.63, 3.8) is 0 Å². The number of likely N-dealkylation sites (tertiary alicyclic amines) is 1. The zero-order valence-corrected chi connectivity index (χ0v) is 13.1. The summed E-state index contributed by atoms with van der Waals surface area (Å²) < 4.78 is 5.22. The first-order chi connectivity index (χ1) is 9.72. The van der Waals surface area contributed by atoms with Gasteiger partial charge in [-0.15, -0.1) is 0 Å². The predicted molar refractivity (Wildman–Crippen MR) is 84.2 cm³/mol. The molecule has 1 aliphatic heterocycles. The molecule has 0 bridgehead atoms. The van der Waals surface area contributed by atoms with Crippen molar-refractivity contribution in [2.24, 2.45) is 5.92 Å². The van der Waals surface area contributed by atoms with Crippen molar-refractivity contribution in [2.75, 3.05) is 33.8 Å². The average Bonchev–Trinajstić information content (AvgIpc) is 2.50. The molecule has 0 amide bonds. The molecular formula is C17H28N2O. The Hall–Kier alpha value is -1.06. The Labute approximate surface area is 123 Å². The molecule has 0 radical (unpaired) electrons. The Balaban J connectivity index is 1.85. The van der Waals surface area contributed by atoms with E-state index in [1.165, 1.54) is 31.5 Å². The third-order valence-corrected chi connectivity index (χ3v) is 4.42. The quantitative estimate of drug-likeness (QED) is 0.864. The molecule has 2 rings (SSSR count). The minimum Gasteiger partial charge on any atom is -0.497 e. The van der Waals surface area contributed by atoms with Crippen LogP contribution < -0.4 is 10.1 Å². The molecule has 0 aliphatic carbocycles. The van der Waals surface area contributed by atoms with Gasteiger partial charge < -0.3 is 15.0 Å². The highest BCUT2D eigenvalue weighted by Crippen LogP contribution is 2.22. The van der Waals surface area contributed by atoms with Gasteiger partial charge >= 0.3 is 0 Å². The van der Waals surface area contributed by atoms with Gasteiger partial charge in [-0.05, 0) is 69.6 Å². The molecule has 112 valence electrons. The van der Waals surface area contributed by atoms with E-state index in [4.69, 9.17) is 4.74 Å². The fraction of sp³-hybridized carbons (Fsp3) is 0.647. The van der Waals surface area contributed by atoms with E-state index in [0.717, 1.165) is 24.6 Å². The molecule has 1 heterocycles. The second-order valence-corrected chi connectivity index (χ2v) is 5.89. The van der Waals surface area contributed by atoms with Crippen molar-refractivity contribution in [1.82, 2.24) is 10.2 Å². The van der Waals surface area contributed by atoms with Gasteiger partial charge in [-0.3, -0.25) is 0 Å². The van der Waals surface area contributed by atoms with Crippen LogP contribution in [0.4, 0.5) is 0 Å². The van der Waals surface area contributed by atoms with Crippen molar-refractivity contribution >= 4 is 0 Å². The molecule has 1 fully saturated rings. The van der Waals surface area contributed by atoms with Gasteiger partial charge in [0.05, 0.1) is 7.11 Å². The van der Waals surface area contributed by atoms with E-state index in [0.29, 0.717) is 6.04 Å². The number of rotatable bonds is 6. The van der Waals surface area contributed by atoms with Crippen LogP contribution in [0.15, 0.2) is 24.3 Å². The maximum absolute atomic E-state index is 5.22. The Morgan fingerprint density at radius 2 is 1.90 bits per heavy atom. The molecular weight excluding hydrogens is 248 g/mol. The molecule has 1 saturated heterocycles. The van der Waals surface area contributed by atoms with Crippen LogP contribution in [0, 0.1) is 5.92 Å². The van der Waals surface area contributed by atoms with Crippen LogP contribution in [0.3, 0.4) is 0 Å². The molecule has 0 aromatic heterocycles. The van der Waals surface area contributed by atoms with Gasteiger partial charge in [0.2, 0.25) is 0 Å². The van der Waals surface area contributed by atoms with Gasteiger partial charge in [0, 0.05) is 6.04 Å².